The second kappa shape index (κ2) is 6.53. The second-order valence-electron chi connectivity index (χ2n) is 5.09. The Morgan fingerprint density at radius 2 is 2.05 bits per heavy atom. The van der Waals surface area contributed by atoms with Gasteiger partial charge >= 0.3 is 5.97 Å². The van der Waals surface area contributed by atoms with E-state index in [2.05, 4.69) is 4.74 Å². The van der Waals surface area contributed by atoms with Crippen LogP contribution in [0.3, 0.4) is 0 Å². The summed E-state index contributed by atoms with van der Waals surface area (Å²) in [6.45, 7) is 0. The molecule has 0 atom stereocenters. The lowest BCUT2D eigenvalue weighted by molar-refractivity contribution is -0.384. The molecule has 1 aromatic carbocycles. The zero-order valence-electron chi connectivity index (χ0n) is 11.8. The highest BCUT2D eigenvalue weighted by atomic mass is 16.6. The first-order chi connectivity index (χ1) is 10.0. The van der Waals surface area contributed by atoms with Crippen molar-refractivity contribution in [1.82, 2.24) is 0 Å². The summed E-state index contributed by atoms with van der Waals surface area (Å²) in [7, 11) is 1.20. The summed E-state index contributed by atoms with van der Waals surface area (Å²) in [5.74, 6) is -0.705. The van der Waals surface area contributed by atoms with Crippen LogP contribution in [0.25, 0.3) is 0 Å². The highest BCUT2D eigenvalue weighted by molar-refractivity contribution is 5.96. The second-order valence-corrected chi connectivity index (χ2v) is 5.09. The van der Waals surface area contributed by atoms with Gasteiger partial charge in [-0.1, -0.05) is 19.3 Å². The molecule has 0 radical (unpaired) electrons. The van der Waals surface area contributed by atoms with Gasteiger partial charge < -0.3 is 4.74 Å². The Labute approximate surface area is 122 Å². The van der Waals surface area contributed by atoms with E-state index in [0.717, 1.165) is 43.2 Å². The fourth-order valence-electron chi connectivity index (χ4n) is 2.63. The highest BCUT2D eigenvalue weighted by Crippen LogP contribution is 2.30. The predicted molar refractivity (Wildman–Crippen MR) is 75.6 cm³/mol. The summed E-state index contributed by atoms with van der Waals surface area (Å²) in [5, 5.41) is 22.2. The zero-order valence-corrected chi connectivity index (χ0v) is 11.8. The number of nitro groups is 1. The van der Waals surface area contributed by atoms with E-state index in [1.54, 1.807) is 0 Å². The van der Waals surface area contributed by atoms with Gasteiger partial charge in [0.2, 0.25) is 0 Å². The molecule has 0 saturated heterocycles. The molecule has 7 heteroatoms. The predicted octanol–water partition coefficient (Wildman–Crippen LogP) is 2.91. The number of non-ortho nitro benzene ring substituents is 1. The third-order valence-electron chi connectivity index (χ3n) is 3.76. The molecule has 7 nitrogen and oxygen atoms in total. The highest BCUT2D eigenvalue weighted by Gasteiger charge is 2.26. The Hall–Kier alpha value is -2.15. The lowest BCUT2D eigenvalue weighted by atomic mass is 9.94. The van der Waals surface area contributed by atoms with Crippen molar-refractivity contribution in [2.24, 2.45) is 0 Å². The van der Waals surface area contributed by atoms with Crippen LogP contribution in [0.2, 0.25) is 0 Å². The number of nitro benzene ring substituents is 1. The fraction of sp³-hybridized carbons (Fsp3) is 0.500. The number of rotatable bonds is 4. The van der Waals surface area contributed by atoms with Crippen LogP contribution in [0.4, 0.5) is 11.4 Å². The van der Waals surface area contributed by atoms with Gasteiger partial charge in [0.25, 0.3) is 5.69 Å². The molecular formula is C14H18N2O5. The molecular weight excluding hydrogens is 276 g/mol. The van der Waals surface area contributed by atoms with Crippen molar-refractivity contribution in [2.45, 2.75) is 38.1 Å². The molecule has 2 rings (SSSR count). The molecule has 0 heterocycles. The number of anilines is 1. The standard InChI is InChI=1S/C14H18N2O5/c1-21-14(17)12-9-11(16(19)20)7-8-13(12)15(18)10-5-3-2-4-6-10/h7-10,18H,2-6H2,1H3. The van der Waals surface area contributed by atoms with Crippen LogP contribution < -0.4 is 5.06 Å². The largest absolute Gasteiger partial charge is 0.465 e. The molecule has 0 amide bonds. The molecule has 21 heavy (non-hydrogen) atoms. The topological polar surface area (TPSA) is 92.9 Å². The molecule has 0 aromatic heterocycles. The van der Waals surface area contributed by atoms with Crippen molar-refractivity contribution in [3.05, 3.63) is 33.9 Å². The van der Waals surface area contributed by atoms with Gasteiger partial charge in [-0.25, -0.2) is 4.79 Å². The van der Waals surface area contributed by atoms with Gasteiger partial charge in [0.1, 0.15) is 0 Å². The number of carbonyl (C=O) groups is 1. The lowest BCUT2D eigenvalue weighted by Gasteiger charge is -2.31. The zero-order chi connectivity index (χ0) is 15.4. The SMILES string of the molecule is COC(=O)c1cc([N+](=O)[O-])ccc1N(O)C1CCCCC1. The average Bonchev–Trinajstić information content (AvgIpc) is 2.53. The Kier molecular flexibility index (Phi) is 4.74. The number of esters is 1. The number of ether oxygens (including phenoxy) is 1. The van der Waals surface area contributed by atoms with E-state index in [1.807, 2.05) is 0 Å². The summed E-state index contributed by atoms with van der Waals surface area (Å²) >= 11 is 0. The maximum Gasteiger partial charge on any atom is 0.340 e. The summed E-state index contributed by atoms with van der Waals surface area (Å²) in [6, 6.07) is 3.71. The smallest absolute Gasteiger partial charge is 0.340 e. The third-order valence-corrected chi connectivity index (χ3v) is 3.76. The van der Waals surface area contributed by atoms with Crippen molar-refractivity contribution in [2.75, 3.05) is 12.2 Å². The maximum absolute atomic E-state index is 11.8. The number of hydrogen-bond acceptors (Lipinski definition) is 6. The van der Waals surface area contributed by atoms with Crippen molar-refractivity contribution in [3.63, 3.8) is 0 Å². The number of hydroxylamine groups is 1. The van der Waals surface area contributed by atoms with Gasteiger partial charge in [0.15, 0.2) is 0 Å². The number of benzene rings is 1. The molecule has 1 aromatic rings. The quantitative estimate of drug-likeness (QED) is 0.521. The van der Waals surface area contributed by atoms with Gasteiger partial charge in [-0.15, -0.1) is 0 Å². The molecule has 1 aliphatic carbocycles. The van der Waals surface area contributed by atoms with Crippen molar-refractivity contribution < 1.29 is 19.7 Å². The van der Waals surface area contributed by atoms with Crippen molar-refractivity contribution in [3.8, 4) is 0 Å². The molecule has 0 aliphatic heterocycles. The molecule has 0 bridgehead atoms. The van der Waals surface area contributed by atoms with Crippen molar-refractivity contribution in [1.29, 1.82) is 0 Å². The van der Waals surface area contributed by atoms with E-state index in [0.29, 0.717) is 0 Å². The minimum Gasteiger partial charge on any atom is -0.465 e. The first kappa shape index (κ1) is 15.2. The molecule has 114 valence electrons. The van der Waals surface area contributed by atoms with E-state index < -0.39 is 10.9 Å². The van der Waals surface area contributed by atoms with Gasteiger partial charge in [0.05, 0.1) is 29.3 Å². The van der Waals surface area contributed by atoms with E-state index in [-0.39, 0.29) is 23.0 Å². The lowest BCUT2D eigenvalue weighted by Crippen LogP contribution is -2.35. The van der Waals surface area contributed by atoms with Crippen molar-refractivity contribution >= 4 is 17.3 Å². The van der Waals surface area contributed by atoms with Gasteiger partial charge in [-0.05, 0) is 18.9 Å². The van der Waals surface area contributed by atoms with Crippen LogP contribution in [0.5, 0.6) is 0 Å². The monoisotopic (exact) mass is 294 g/mol. The maximum atomic E-state index is 11.8. The molecule has 0 spiro atoms. The molecule has 1 saturated carbocycles. The molecule has 1 aliphatic rings. The van der Waals surface area contributed by atoms with Crippen LogP contribution in [-0.2, 0) is 4.74 Å². The Bertz CT molecular complexity index is 540. The first-order valence-corrected chi connectivity index (χ1v) is 6.89. The number of methoxy groups -OCH3 is 1. The molecule has 1 fully saturated rings. The first-order valence-electron chi connectivity index (χ1n) is 6.89. The van der Waals surface area contributed by atoms with Crippen LogP contribution >= 0.6 is 0 Å². The normalized spacial score (nSPS) is 15.5. The van der Waals surface area contributed by atoms with Crippen LogP contribution in [-0.4, -0.2) is 29.3 Å². The van der Waals surface area contributed by atoms with Gasteiger partial charge in [-0.2, -0.15) is 0 Å². The summed E-state index contributed by atoms with van der Waals surface area (Å²) < 4.78 is 4.65. The Morgan fingerprint density at radius 1 is 1.38 bits per heavy atom. The summed E-state index contributed by atoms with van der Waals surface area (Å²) in [5.41, 5.74) is 0.0373. The van der Waals surface area contributed by atoms with Crippen LogP contribution in [0, 0.1) is 10.1 Å². The number of hydrogen-bond donors (Lipinski definition) is 1. The van der Waals surface area contributed by atoms with E-state index >= 15 is 0 Å². The number of nitrogens with zero attached hydrogens (tertiary/aromatic N) is 2. The fourth-order valence-corrected chi connectivity index (χ4v) is 2.63. The summed E-state index contributed by atoms with van der Waals surface area (Å²) in [4.78, 5) is 22.1. The summed E-state index contributed by atoms with van der Waals surface area (Å²) in [6.07, 6.45) is 4.82. The van der Waals surface area contributed by atoms with E-state index in [4.69, 9.17) is 0 Å². The minimum atomic E-state index is -0.705. The van der Waals surface area contributed by atoms with Crippen LogP contribution in [0.1, 0.15) is 42.5 Å². The van der Waals surface area contributed by atoms with Gasteiger partial charge in [-0.3, -0.25) is 20.4 Å². The molecule has 0 unspecified atom stereocenters. The average molecular weight is 294 g/mol. The Morgan fingerprint density at radius 3 is 2.62 bits per heavy atom. The molecule has 1 N–H and O–H groups in total. The third kappa shape index (κ3) is 3.30. The Balaban J connectivity index is 2.36. The minimum absolute atomic E-state index is 0.000210. The number of carbonyl (C=O) groups excluding carboxylic acids is 1. The van der Waals surface area contributed by atoms with E-state index in [1.165, 1.54) is 19.2 Å². The van der Waals surface area contributed by atoms with Crippen LogP contribution in [0.15, 0.2) is 18.2 Å². The van der Waals surface area contributed by atoms with Gasteiger partial charge in [0, 0.05) is 12.1 Å². The van der Waals surface area contributed by atoms with E-state index in [9.17, 15) is 20.1 Å².